The zero-order chi connectivity index (χ0) is 15.4. The number of aliphatic hydroxyl groups excluding tert-OH is 1. The summed E-state index contributed by atoms with van der Waals surface area (Å²) in [6, 6.07) is 7.93. The molecule has 0 radical (unpaired) electrons. The molecule has 0 amide bonds. The van der Waals surface area contributed by atoms with E-state index < -0.39 is 0 Å². The summed E-state index contributed by atoms with van der Waals surface area (Å²) in [5.74, 6) is 0.581. The van der Waals surface area contributed by atoms with E-state index in [2.05, 4.69) is 31.0 Å². The number of likely N-dealkylation sites (N-methyl/N-ethyl adjacent to an activating group) is 1. The summed E-state index contributed by atoms with van der Waals surface area (Å²) >= 11 is 1.62. The van der Waals surface area contributed by atoms with Gasteiger partial charge in [-0.1, -0.05) is 24.3 Å². The highest BCUT2D eigenvalue weighted by atomic mass is 32.1. The van der Waals surface area contributed by atoms with Crippen LogP contribution in [0.2, 0.25) is 0 Å². The molecule has 0 aliphatic rings. The van der Waals surface area contributed by atoms with Crippen molar-refractivity contribution in [2.24, 2.45) is 0 Å². The Morgan fingerprint density at radius 3 is 2.68 bits per heavy atom. The van der Waals surface area contributed by atoms with Crippen LogP contribution in [-0.2, 0) is 6.54 Å². The van der Waals surface area contributed by atoms with Crippen LogP contribution in [0.1, 0.15) is 5.69 Å². The van der Waals surface area contributed by atoms with Crippen LogP contribution >= 0.6 is 11.3 Å². The molecule has 2 N–H and O–H groups in total. The second-order valence-corrected chi connectivity index (χ2v) is 5.78. The predicted molar refractivity (Wildman–Crippen MR) is 84.1 cm³/mol. The van der Waals surface area contributed by atoms with Crippen molar-refractivity contribution in [1.82, 2.24) is 30.5 Å². The summed E-state index contributed by atoms with van der Waals surface area (Å²) < 4.78 is 0. The molecule has 0 aliphatic carbocycles. The smallest absolute Gasteiger partial charge is 0.204 e. The fourth-order valence-corrected chi connectivity index (χ4v) is 2.90. The van der Waals surface area contributed by atoms with E-state index in [1.165, 1.54) is 0 Å². The average Bonchev–Trinajstić information content (AvgIpc) is 3.19. The quantitative estimate of drug-likeness (QED) is 0.714. The number of nitrogens with one attached hydrogen (secondary N) is 1. The standard InChI is InChI=1S/C14H16N6OS/c1-20(6-7-21)8-12-9-22-14(15-12)11-4-2-10(3-5-11)13-16-18-19-17-13/h2-5,9,21H,6-8H2,1H3,(H,16,17,18,19). The lowest BCUT2D eigenvalue weighted by atomic mass is 10.1. The number of aromatic amines is 1. The second-order valence-electron chi connectivity index (χ2n) is 4.92. The first-order valence-electron chi connectivity index (χ1n) is 6.84. The molecule has 2 heterocycles. The largest absolute Gasteiger partial charge is 0.395 e. The van der Waals surface area contributed by atoms with Gasteiger partial charge in [0.2, 0.25) is 5.82 Å². The minimum absolute atomic E-state index is 0.158. The van der Waals surface area contributed by atoms with Crippen LogP contribution in [0.3, 0.4) is 0 Å². The maximum absolute atomic E-state index is 8.93. The average molecular weight is 316 g/mol. The third-order valence-electron chi connectivity index (χ3n) is 3.20. The fraction of sp³-hybridized carbons (Fsp3) is 0.286. The van der Waals surface area contributed by atoms with E-state index in [0.717, 1.165) is 28.4 Å². The van der Waals surface area contributed by atoms with Crippen LogP contribution in [0.4, 0.5) is 0 Å². The SMILES string of the molecule is CN(CCO)Cc1csc(-c2ccc(-c3nn[nH]n3)cc2)n1. The Kier molecular flexibility index (Phi) is 4.52. The molecular weight excluding hydrogens is 300 g/mol. The summed E-state index contributed by atoms with van der Waals surface area (Å²) in [7, 11) is 1.97. The number of aliphatic hydroxyl groups is 1. The van der Waals surface area contributed by atoms with Gasteiger partial charge in [-0.25, -0.2) is 4.98 Å². The highest BCUT2D eigenvalue weighted by Crippen LogP contribution is 2.26. The highest BCUT2D eigenvalue weighted by Gasteiger charge is 2.08. The van der Waals surface area contributed by atoms with Crippen molar-refractivity contribution in [3.05, 3.63) is 35.3 Å². The number of H-pyrrole nitrogens is 1. The van der Waals surface area contributed by atoms with Crippen molar-refractivity contribution in [2.75, 3.05) is 20.2 Å². The van der Waals surface area contributed by atoms with Crippen molar-refractivity contribution in [3.8, 4) is 22.0 Å². The van der Waals surface area contributed by atoms with Gasteiger partial charge >= 0.3 is 0 Å². The van der Waals surface area contributed by atoms with Crippen LogP contribution in [0.25, 0.3) is 22.0 Å². The molecule has 0 spiro atoms. The Labute approximate surface area is 131 Å². The third-order valence-corrected chi connectivity index (χ3v) is 4.14. The molecule has 3 aromatic rings. The molecule has 0 saturated carbocycles. The summed E-state index contributed by atoms with van der Waals surface area (Å²) in [4.78, 5) is 6.68. The summed E-state index contributed by atoms with van der Waals surface area (Å²) in [5.41, 5.74) is 2.99. The van der Waals surface area contributed by atoms with E-state index >= 15 is 0 Å². The molecule has 0 fully saturated rings. The summed E-state index contributed by atoms with van der Waals surface area (Å²) in [6.45, 7) is 1.54. The number of tetrazole rings is 1. The highest BCUT2D eigenvalue weighted by molar-refractivity contribution is 7.13. The van der Waals surface area contributed by atoms with E-state index in [4.69, 9.17) is 5.11 Å². The van der Waals surface area contributed by atoms with E-state index in [-0.39, 0.29) is 6.61 Å². The van der Waals surface area contributed by atoms with Crippen molar-refractivity contribution >= 4 is 11.3 Å². The summed E-state index contributed by atoms with van der Waals surface area (Å²) in [5, 5.41) is 25.9. The van der Waals surface area contributed by atoms with E-state index in [0.29, 0.717) is 12.4 Å². The molecule has 114 valence electrons. The van der Waals surface area contributed by atoms with Crippen molar-refractivity contribution in [3.63, 3.8) is 0 Å². The first-order chi connectivity index (χ1) is 10.8. The van der Waals surface area contributed by atoms with Crippen molar-refractivity contribution < 1.29 is 5.11 Å². The first-order valence-corrected chi connectivity index (χ1v) is 7.72. The van der Waals surface area contributed by atoms with E-state index in [1.807, 2.05) is 36.2 Å². The van der Waals surface area contributed by atoms with Crippen LogP contribution in [0.5, 0.6) is 0 Å². The minimum atomic E-state index is 0.158. The Morgan fingerprint density at radius 1 is 1.23 bits per heavy atom. The number of nitrogens with zero attached hydrogens (tertiary/aromatic N) is 5. The zero-order valence-electron chi connectivity index (χ0n) is 12.1. The molecule has 0 unspecified atom stereocenters. The molecule has 3 rings (SSSR count). The van der Waals surface area contributed by atoms with E-state index in [1.54, 1.807) is 11.3 Å². The molecule has 0 saturated heterocycles. The molecule has 8 heteroatoms. The molecule has 7 nitrogen and oxygen atoms in total. The monoisotopic (exact) mass is 316 g/mol. The zero-order valence-corrected chi connectivity index (χ0v) is 12.9. The lowest BCUT2D eigenvalue weighted by Gasteiger charge is -2.12. The fourth-order valence-electron chi connectivity index (χ4n) is 2.08. The lowest BCUT2D eigenvalue weighted by Crippen LogP contribution is -2.21. The first kappa shape index (κ1) is 14.8. The number of rotatable bonds is 6. The Bertz CT molecular complexity index is 709. The molecular formula is C14H16N6OS. The second kappa shape index (κ2) is 6.73. The lowest BCUT2D eigenvalue weighted by molar-refractivity contribution is 0.216. The number of hydrogen-bond donors (Lipinski definition) is 2. The normalized spacial score (nSPS) is 11.2. The van der Waals surface area contributed by atoms with Crippen molar-refractivity contribution in [2.45, 2.75) is 6.54 Å². The number of hydrogen-bond acceptors (Lipinski definition) is 7. The van der Waals surface area contributed by atoms with Gasteiger partial charge in [-0.05, 0) is 12.3 Å². The Morgan fingerprint density at radius 2 is 2.00 bits per heavy atom. The van der Waals surface area contributed by atoms with Gasteiger partial charge in [0.25, 0.3) is 0 Å². The van der Waals surface area contributed by atoms with Crippen LogP contribution in [0.15, 0.2) is 29.6 Å². The molecule has 0 bridgehead atoms. The van der Waals surface area contributed by atoms with Gasteiger partial charge in [-0.2, -0.15) is 5.21 Å². The minimum Gasteiger partial charge on any atom is -0.395 e. The Balaban J connectivity index is 1.73. The molecule has 1 aromatic carbocycles. The number of thiazole rings is 1. The number of aromatic nitrogens is 5. The molecule has 2 aromatic heterocycles. The Hall–Kier alpha value is -2.16. The van der Waals surface area contributed by atoms with Gasteiger partial charge < -0.3 is 5.11 Å². The molecule has 22 heavy (non-hydrogen) atoms. The van der Waals surface area contributed by atoms with Crippen molar-refractivity contribution in [1.29, 1.82) is 0 Å². The van der Waals surface area contributed by atoms with Crippen LogP contribution < -0.4 is 0 Å². The maximum Gasteiger partial charge on any atom is 0.204 e. The van der Waals surface area contributed by atoms with Crippen LogP contribution in [-0.4, -0.2) is 55.8 Å². The third kappa shape index (κ3) is 3.35. The van der Waals surface area contributed by atoms with E-state index in [9.17, 15) is 0 Å². The molecule has 0 aliphatic heterocycles. The van der Waals surface area contributed by atoms with Gasteiger partial charge in [-0.3, -0.25) is 4.90 Å². The predicted octanol–water partition coefficient (Wildman–Crippen LogP) is 1.41. The maximum atomic E-state index is 8.93. The molecule has 0 atom stereocenters. The van der Waals surface area contributed by atoms with Gasteiger partial charge in [0, 0.05) is 29.6 Å². The number of benzene rings is 1. The van der Waals surface area contributed by atoms with Gasteiger partial charge in [0.05, 0.1) is 12.3 Å². The van der Waals surface area contributed by atoms with Gasteiger partial charge in [0.1, 0.15) is 5.01 Å². The topological polar surface area (TPSA) is 90.8 Å². The summed E-state index contributed by atoms with van der Waals surface area (Å²) in [6.07, 6.45) is 0. The van der Waals surface area contributed by atoms with Gasteiger partial charge in [0.15, 0.2) is 0 Å². The van der Waals surface area contributed by atoms with Gasteiger partial charge in [-0.15, -0.1) is 21.5 Å². The van der Waals surface area contributed by atoms with Crippen LogP contribution in [0, 0.1) is 0 Å².